The summed E-state index contributed by atoms with van der Waals surface area (Å²) in [5, 5.41) is 8.90. The van der Waals surface area contributed by atoms with E-state index < -0.39 is 0 Å². The molecule has 1 aromatic carbocycles. The van der Waals surface area contributed by atoms with E-state index in [2.05, 4.69) is 0 Å². The quantitative estimate of drug-likeness (QED) is 0.885. The van der Waals surface area contributed by atoms with Crippen LogP contribution < -0.4 is 0 Å². The van der Waals surface area contributed by atoms with Crippen LogP contribution >= 0.6 is 23.1 Å². The average Bonchev–Trinajstić information content (AvgIpc) is 2.65. The maximum absolute atomic E-state index is 12.9. The normalized spacial score (nSPS) is 10.5. The van der Waals surface area contributed by atoms with Gasteiger partial charge in [-0.15, -0.1) is 11.3 Å². The van der Waals surface area contributed by atoms with Crippen molar-refractivity contribution >= 4 is 23.1 Å². The van der Waals surface area contributed by atoms with Crippen LogP contribution in [0.15, 0.2) is 45.5 Å². The number of benzene rings is 1. The molecule has 0 atom stereocenters. The summed E-state index contributed by atoms with van der Waals surface area (Å²) < 4.78 is 14.0. The Morgan fingerprint density at radius 2 is 2.13 bits per heavy atom. The fraction of sp³-hybridized carbons (Fsp3) is 0.0909. The molecule has 1 N–H and O–H groups in total. The van der Waals surface area contributed by atoms with Crippen molar-refractivity contribution < 1.29 is 9.50 Å². The fourth-order valence-electron chi connectivity index (χ4n) is 1.14. The number of aliphatic hydroxyl groups is 1. The Hall–Kier alpha value is -0.840. The van der Waals surface area contributed by atoms with Gasteiger partial charge < -0.3 is 5.11 Å². The smallest absolute Gasteiger partial charge is 0.124 e. The van der Waals surface area contributed by atoms with Crippen LogP contribution in [-0.4, -0.2) is 5.11 Å². The molecule has 0 spiro atoms. The van der Waals surface area contributed by atoms with E-state index in [1.807, 2.05) is 18.2 Å². The molecule has 1 nitrogen and oxygen atoms in total. The molecule has 15 heavy (non-hydrogen) atoms. The molecule has 0 fully saturated rings. The van der Waals surface area contributed by atoms with Gasteiger partial charge in [0, 0.05) is 9.77 Å². The lowest BCUT2D eigenvalue weighted by atomic mass is 10.4. The van der Waals surface area contributed by atoms with E-state index in [0.717, 1.165) is 14.0 Å². The van der Waals surface area contributed by atoms with Gasteiger partial charge in [0.05, 0.1) is 10.8 Å². The van der Waals surface area contributed by atoms with E-state index >= 15 is 0 Å². The SMILES string of the molecule is OCc1ccc(Sc2cccc(F)c2)s1. The molecule has 1 heterocycles. The molecule has 0 bridgehead atoms. The summed E-state index contributed by atoms with van der Waals surface area (Å²) in [5.74, 6) is -0.223. The first-order valence-corrected chi connectivity index (χ1v) is 6.04. The maximum Gasteiger partial charge on any atom is 0.124 e. The highest BCUT2D eigenvalue weighted by Crippen LogP contribution is 2.33. The van der Waals surface area contributed by atoms with E-state index in [1.165, 1.54) is 35.2 Å². The first-order valence-electron chi connectivity index (χ1n) is 4.41. The highest BCUT2D eigenvalue weighted by molar-refractivity contribution is 8.01. The van der Waals surface area contributed by atoms with Crippen molar-refractivity contribution in [3.8, 4) is 0 Å². The molecule has 0 unspecified atom stereocenters. The summed E-state index contributed by atoms with van der Waals surface area (Å²) in [5.41, 5.74) is 0. The van der Waals surface area contributed by atoms with Crippen molar-refractivity contribution in [1.82, 2.24) is 0 Å². The van der Waals surface area contributed by atoms with Crippen LogP contribution in [0, 0.1) is 5.82 Å². The van der Waals surface area contributed by atoms with Gasteiger partial charge >= 0.3 is 0 Å². The van der Waals surface area contributed by atoms with Crippen LogP contribution in [0.3, 0.4) is 0 Å². The zero-order valence-electron chi connectivity index (χ0n) is 7.81. The minimum atomic E-state index is -0.223. The second-order valence-corrected chi connectivity index (χ2v) is 5.48. The number of halogens is 1. The fourth-order valence-corrected chi connectivity index (χ4v) is 3.20. The van der Waals surface area contributed by atoms with Crippen LogP contribution in [0.2, 0.25) is 0 Å². The summed E-state index contributed by atoms with van der Waals surface area (Å²) in [7, 11) is 0. The van der Waals surface area contributed by atoms with Crippen LogP contribution in [0.1, 0.15) is 4.88 Å². The Balaban J connectivity index is 2.14. The number of aliphatic hydroxyl groups excluding tert-OH is 1. The second-order valence-electron chi connectivity index (χ2n) is 2.94. The lowest BCUT2D eigenvalue weighted by Crippen LogP contribution is -1.73. The van der Waals surface area contributed by atoms with Crippen LogP contribution in [0.4, 0.5) is 4.39 Å². The molecule has 0 saturated heterocycles. The number of hydrogen-bond donors (Lipinski definition) is 1. The van der Waals surface area contributed by atoms with Crippen molar-refractivity contribution in [2.24, 2.45) is 0 Å². The first-order chi connectivity index (χ1) is 7.28. The molecule has 0 saturated carbocycles. The Labute approximate surface area is 95.6 Å². The van der Waals surface area contributed by atoms with E-state index in [-0.39, 0.29) is 12.4 Å². The largest absolute Gasteiger partial charge is 0.391 e. The van der Waals surface area contributed by atoms with Gasteiger partial charge in [-0.05, 0) is 30.3 Å². The molecule has 0 aliphatic heterocycles. The summed E-state index contributed by atoms with van der Waals surface area (Å²) in [4.78, 5) is 1.80. The summed E-state index contributed by atoms with van der Waals surface area (Å²) in [6.07, 6.45) is 0. The summed E-state index contributed by atoms with van der Waals surface area (Å²) in [6.45, 7) is 0.0639. The van der Waals surface area contributed by atoms with Gasteiger partial charge in [-0.1, -0.05) is 17.8 Å². The zero-order chi connectivity index (χ0) is 10.7. The third-order valence-corrected chi connectivity index (χ3v) is 4.00. The average molecular weight is 240 g/mol. The molecular weight excluding hydrogens is 231 g/mol. The Bertz CT molecular complexity index is 453. The molecule has 78 valence electrons. The number of rotatable bonds is 3. The maximum atomic E-state index is 12.9. The van der Waals surface area contributed by atoms with E-state index in [4.69, 9.17) is 5.11 Å². The molecule has 0 aliphatic carbocycles. The van der Waals surface area contributed by atoms with Gasteiger partial charge in [0.25, 0.3) is 0 Å². The van der Waals surface area contributed by atoms with Gasteiger partial charge in [0.1, 0.15) is 5.82 Å². The minimum absolute atomic E-state index is 0.0639. The first kappa shape index (κ1) is 10.7. The molecule has 0 aliphatic rings. The van der Waals surface area contributed by atoms with Crippen molar-refractivity contribution in [3.05, 3.63) is 47.1 Å². The molecule has 0 amide bonds. The Morgan fingerprint density at radius 1 is 1.27 bits per heavy atom. The van der Waals surface area contributed by atoms with Crippen LogP contribution in [0.5, 0.6) is 0 Å². The minimum Gasteiger partial charge on any atom is -0.391 e. The molecule has 0 radical (unpaired) electrons. The second kappa shape index (κ2) is 4.79. The number of thiophene rings is 1. The van der Waals surface area contributed by atoms with Gasteiger partial charge in [-0.2, -0.15) is 0 Å². The lowest BCUT2D eigenvalue weighted by Gasteiger charge is -1.97. The molecule has 4 heteroatoms. The monoisotopic (exact) mass is 240 g/mol. The zero-order valence-corrected chi connectivity index (χ0v) is 9.45. The lowest BCUT2D eigenvalue weighted by molar-refractivity contribution is 0.285. The topological polar surface area (TPSA) is 20.2 Å². The van der Waals surface area contributed by atoms with Crippen LogP contribution in [0.25, 0.3) is 0 Å². The van der Waals surface area contributed by atoms with Crippen molar-refractivity contribution in [3.63, 3.8) is 0 Å². The van der Waals surface area contributed by atoms with Crippen molar-refractivity contribution in [2.75, 3.05) is 0 Å². The van der Waals surface area contributed by atoms with E-state index in [1.54, 1.807) is 6.07 Å². The van der Waals surface area contributed by atoms with E-state index in [0.29, 0.717) is 0 Å². The predicted molar refractivity (Wildman–Crippen MR) is 60.8 cm³/mol. The summed E-state index contributed by atoms with van der Waals surface area (Å²) >= 11 is 3.03. The van der Waals surface area contributed by atoms with Crippen molar-refractivity contribution in [1.29, 1.82) is 0 Å². The number of hydrogen-bond acceptors (Lipinski definition) is 3. The van der Waals surface area contributed by atoms with Gasteiger partial charge in [0.2, 0.25) is 0 Å². The molecule has 1 aromatic heterocycles. The Morgan fingerprint density at radius 3 is 2.80 bits per heavy atom. The highest BCUT2D eigenvalue weighted by atomic mass is 32.2. The Kier molecular flexibility index (Phi) is 3.41. The predicted octanol–water partition coefficient (Wildman–Crippen LogP) is 3.53. The van der Waals surface area contributed by atoms with Gasteiger partial charge in [-0.25, -0.2) is 4.39 Å². The standard InChI is InChI=1S/C11H9FOS2/c12-8-2-1-3-9(6-8)14-11-5-4-10(7-13)15-11/h1-6,13H,7H2. The van der Waals surface area contributed by atoms with Crippen molar-refractivity contribution in [2.45, 2.75) is 15.7 Å². The van der Waals surface area contributed by atoms with Crippen LogP contribution in [-0.2, 0) is 6.61 Å². The van der Waals surface area contributed by atoms with Gasteiger partial charge in [-0.3, -0.25) is 0 Å². The van der Waals surface area contributed by atoms with E-state index in [9.17, 15) is 4.39 Å². The highest BCUT2D eigenvalue weighted by Gasteiger charge is 2.02. The molecule has 2 aromatic rings. The van der Waals surface area contributed by atoms with Gasteiger partial charge in [0.15, 0.2) is 0 Å². The molecular formula is C11H9FOS2. The third-order valence-electron chi connectivity index (χ3n) is 1.81. The third kappa shape index (κ3) is 2.81. The molecule has 2 rings (SSSR count). The summed E-state index contributed by atoms with van der Waals surface area (Å²) in [6, 6.07) is 10.3.